The van der Waals surface area contributed by atoms with Gasteiger partial charge in [0.05, 0.1) is 11.6 Å². The van der Waals surface area contributed by atoms with Crippen molar-refractivity contribution in [1.82, 2.24) is 4.98 Å². The quantitative estimate of drug-likeness (QED) is 0.655. The molecule has 3 rings (SSSR count). The highest BCUT2D eigenvalue weighted by atomic mass is 16.4. The fourth-order valence-corrected chi connectivity index (χ4v) is 2.79. The zero-order chi connectivity index (χ0) is 15.4. The van der Waals surface area contributed by atoms with Gasteiger partial charge in [0.2, 0.25) is 5.89 Å². The lowest BCUT2D eigenvalue weighted by atomic mass is 9.76. The summed E-state index contributed by atoms with van der Waals surface area (Å²) in [7, 11) is 2.08. The average Bonchev–Trinajstić information content (AvgIpc) is 3.05. The van der Waals surface area contributed by atoms with Gasteiger partial charge in [-0.05, 0) is 24.4 Å². The molecule has 2 aromatic carbocycles. The van der Waals surface area contributed by atoms with E-state index in [4.69, 9.17) is 4.42 Å². The molecule has 1 heterocycles. The highest BCUT2D eigenvalue weighted by molar-refractivity contribution is 6.32. The molecule has 0 aliphatic rings. The summed E-state index contributed by atoms with van der Waals surface area (Å²) in [5.41, 5.74) is 1.96. The van der Waals surface area contributed by atoms with E-state index < -0.39 is 5.41 Å². The van der Waals surface area contributed by atoms with E-state index in [0.717, 1.165) is 18.0 Å². The molecular formula is C19H19BNO. The van der Waals surface area contributed by atoms with E-state index in [9.17, 15) is 0 Å². The van der Waals surface area contributed by atoms with Gasteiger partial charge in [-0.3, -0.25) is 0 Å². The predicted octanol–water partition coefficient (Wildman–Crippen LogP) is 4.28. The fourth-order valence-electron chi connectivity index (χ4n) is 2.79. The van der Waals surface area contributed by atoms with Crippen LogP contribution in [-0.2, 0) is 11.7 Å². The van der Waals surface area contributed by atoms with Crippen LogP contribution in [0.25, 0.3) is 0 Å². The van der Waals surface area contributed by atoms with E-state index in [1.54, 1.807) is 0 Å². The van der Waals surface area contributed by atoms with Gasteiger partial charge >= 0.3 is 0 Å². The number of nitrogens with zero attached hydrogens (tertiary/aromatic N) is 1. The Kier molecular flexibility index (Phi) is 4.14. The standard InChI is InChI=1S/C19H19BNO/c1-19(15-9-5-3-6-10-15,16-11-7-4-8-12-16)18-21-14-17(22-18)13-20-2/h3-12,14H,13H2,1-2H3. The summed E-state index contributed by atoms with van der Waals surface area (Å²) in [5, 5.41) is 0. The molecule has 2 nitrogen and oxygen atoms in total. The first-order chi connectivity index (χ1) is 10.7. The fraction of sp³-hybridized carbons (Fsp3) is 0.211. The average molecular weight is 288 g/mol. The molecule has 1 radical (unpaired) electrons. The first kappa shape index (κ1) is 14.6. The molecule has 0 spiro atoms. The van der Waals surface area contributed by atoms with E-state index >= 15 is 0 Å². The minimum atomic E-state index is -0.394. The van der Waals surface area contributed by atoms with Gasteiger partial charge in [0, 0.05) is 0 Å². The van der Waals surface area contributed by atoms with Crippen LogP contribution in [0, 0.1) is 0 Å². The molecule has 0 saturated heterocycles. The Hall–Kier alpha value is -2.29. The molecule has 0 N–H and O–H groups in total. The van der Waals surface area contributed by atoms with Crippen molar-refractivity contribution < 1.29 is 4.42 Å². The molecule has 0 fully saturated rings. The molecule has 3 aromatic rings. The first-order valence-corrected chi connectivity index (χ1v) is 7.59. The zero-order valence-corrected chi connectivity index (χ0v) is 13.0. The topological polar surface area (TPSA) is 26.0 Å². The zero-order valence-electron chi connectivity index (χ0n) is 13.0. The Morgan fingerprint density at radius 2 is 1.50 bits per heavy atom. The maximum atomic E-state index is 6.06. The molecule has 0 atom stereocenters. The van der Waals surface area contributed by atoms with Crippen LogP contribution >= 0.6 is 0 Å². The second-order valence-electron chi connectivity index (χ2n) is 5.60. The Morgan fingerprint density at radius 1 is 0.955 bits per heavy atom. The van der Waals surface area contributed by atoms with Gasteiger partial charge in [0.15, 0.2) is 0 Å². The molecule has 109 valence electrons. The molecule has 0 unspecified atom stereocenters. The van der Waals surface area contributed by atoms with Crippen molar-refractivity contribution in [3.8, 4) is 0 Å². The van der Waals surface area contributed by atoms with Gasteiger partial charge in [-0.1, -0.05) is 67.5 Å². The maximum Gasteiger partial charge on any atom is 0.209 e. The molecular weight excluding hydrogens is 269 g/mol. The third-order valence-electron chi connectivity index (χ3n) is 4.09. The Bertz CT molecular complexity index is 682. The predicted molar refractivity (Wildman–Crippen MR) is 90.3 cm³/mol. The second kappa shape index (κ2) is 6.23. The van der Waals surface area contributed by atoms with E-state index in [1.165, 1.54) is 11.1 Å². The van der Waals surface area contributed by atoms with Crippen LogP contribution in [0.3, 0.4) is 0 Å². The lowest BCUT2D eigenvalue weighted by molar-refractivity contribution is 0.411. The number of hydrogen-bond donors (Lipinski definition) is 0. The Labute approximate surface area is 132 Å². The second-order valence-corrected chi connectivity index (χ2v) is 5.60. The van der Waals surface area contributed by atoms with Crippen molar-refractivity contribution in [1.29, 1.82) is 0 Å². The summed E-state index contributed by atoms with van der Waals surface area (Å²) >= 11 is 0. The summed E-state index contributed by atoms with van der Waals surface area (Å²) in [6.45, 7) is 4.19. The lowest BCUT2D eigenvalue weighted by Crippen LogP contribution is -2.25. The molecule has 0 aliphatic heterocycles. The minimum absolute atomic E-state index is 0.394. The van der Waals surface area contributed by atoms with Gasteiger partial charge in [-0.25, -0.2) is 4.98 Å². The lowest BCUT2D eigenvalue weighted by Gasteiger charge is -2.27. The molecule has 0 amide bonds. The third-order valence-corrected chi connectivity index (χ3v) is 4.09. The molecule has 22 heavy (non-hydrogen) atoms. The summed E-state index contributed by atoms with van der Waals surface area (Å²) in [4.78, 5) is 4.57. The summed E-state index contributed by atoms with van der Waals surface area (Å²) < 4.78 is 6.06. The highest BCUT2D eigenvalue weighted by Crippen LogP contribution is 2.38. The van der Waals surface area contributed by atoms with Crippen molar-refractivity contribution in [2.24, 2.45) is 0 Å². The van der Waals surface area contributed by atoms with Crippen LogP contribution < -0.4 is 0 Å². The maximum absolute atomic E-state index is 6.06. The van der Waals surface area contributed by atoms with Gasteiger partial charge in [0.25, 0.3) is 0 Å². The van der Waals surface area contributed by atoms with Gasteiger partial charge in [0.1, 0.15) is 13.0 Å². The van der Waals surface area contributed by atoms with Crippen LogP contribution in [0.2, 0.25) is 6.82 Å². The van der Waals surface area contributed by atoms with Gasteiger partial charge in [-0.15, -0.1) is 0 Å². The number of aromatic nitrogens is 1. The normalized spacial score (nSPS) is 11.4. The number of hydrogen-bond acceptors (Lipinski definition) is 2. The van der Waals surface area contributed by atoms with Crippen LogP contribution in [-0.4, -0.2) is 12.3 Å². The first-order valence-electron chi connectivity index (χ1n) is 7.59. The van der Waals surface area contributed by atoms with Crippen molar-refractivity contribution in [3.63, 3.8) is 0 Å². The Balaban J connectivity index is 2.14. The monoisotopic (exact) mass is 288 g/mol. The van der Waals surface area contributed by atoms with Crippen LogP contribution in [0.15, 0.2) is 71.3 Å². The van der Waals surface area contributed by atoms with Crippen molar-refractivity contribution in [2.75, 3.05) is 0 Å². The van der Waals surface area contributed by atoms with Crippen LogP contribution in [0.4, 0.5) is 0 Å². The van der Waals surface area contributed by atoms with Crippen molar-refractivity contribution >= 4 is 7.28 Å². The van der Waals surface area contributed by atoms with Gasteiger partial charge < -0.3 is 4.42 Å². The smallest absolute Gasteiger partial charge is 0.209 e. The van der Waals surface area contributed by atoms with Crippen LogP contribution in [0.5, 0.6) is 0 Å². The highest BCUT2D eigenvalue weighted by Gasteiger charge is 2.35. The van der Waals surface area contributed by atoms with E-state index in [0.29, 0.717) is 0 Å². The minimum Gasteiger partial charge on any atom is -0.445 e. The van der Waals surface area contributed by atoms with Crippen molar-refractivity contribution in [3.05, 3.63) is 89.6 Å². The number of oxazole rings is 1. The molecule has 3 heteroatoms. The summed E-state index contributed by atoms with van der Waals surface area (Å²) in [6.07, 6.45) is 2.63. The van der Waals surface area contributed by atoms with E-state index in [-0.39, 0.29) is 0 Å². The van der Waals surface area contributed by atoms with Crippen LogP contribution in [0.1, 0.15) is 29.7 Å². The molecule has 1 aromatic heterocycles. The van der Waals surface area contributed by atoms with E-state index in [2.05, 4.69) is 67.7 Å². The van der Waals surface area contributed by atoms with Gasteiger partial charge in [-0.2, -0.15) is 0 Å². The molecule has 0 bridgehead atoms. The Morgan fingerprint density at radius 3 is 2.00 bits per heavy atom. The third kappa shape index (κ3) is 2.59. The number of rotatable bonds is 5. The summed E-state index contributed by atoms with van der Waals surface area (Å²) in [6, 6.07) is 20.8. The van der Waals surface area contributed by atoms with Crippen molar-refractivity contribution in [2.45, 2.75) is 25.5 Å². The van der Waals surface area contributed by atoms with E-state index in [1.807, 2.05) is 25.2 Å². The summed E-state index contributed by atoms with van der Waals surface area (Å²) in [5.74, 6) is 1.64. The molecule has 0 saturated carbocycles. The molecule has 0 aliphatic carbocycles. The number of benzene rings is 2. The SMILES string of the molecule is C[B]Cc1cnc(C(C)(c2ccccc2)c2ccccc2)o1. The largest absolute Gasteiger partial charge is 0.445 e.